The summed E-state index contributed by atoms with van der Waals surface area (Å²) >= 11 is 0. The van der Waals surface area contributed by atoms with E-state index in [2.05, 4.69) is 14.6 Å². The van der Waals surface area contributed by atoms with Gasteiger partial charge in [0.15, 0.2) is 0 Å². The number of hydrogen-bond acceptors (Lipinski definition) is 4. The molecule has 23 heavy (non-hydrogen) atoms. The normalized spacial score (nSPS) is 18.8. The number of rotatable bonds is 4. The molecule has 2 heterocycles. The number of anilines is 1. The molecule has 2 aromatic rings. The monoisotopic (exact) mass is 335 g/mol. The Hall–Kier alpha value is -1.99. The zero-order valence-corrected chi connectivity index (χ0v) is 13.3. The third-order valence-corrected chi connectivity index (χ3v) is 5.34. The third kappa shape index (κ3) is 3.86. The van der Waals surface area contributed by atoms with Crippen LogP contribution in [0.15, 0.2) is 53.6 Å². The van der Waals surface area contributed by atoms with E-state index in [9.17, 15) is 12.8 Å². The second kappa shape index (κ2) is 6.64. The van der Waals surface area contributed by atoms with Crippen molar-refractivity contribution in [3.8, 4) is 0 Å². The molecule has 3 rings (SSSR count). The van der Waals surface area contributed by atoms with Crippen molar-refractivity contribution < 1.29 is 12.8 Å². The van der Waals surface area contributed by atoms with Crippen molar-refractivity contribution in [2.45, 2.75) is 23.8 Å². The van der Waals surface area contributed by atoms with E-state index in [0.717, 1.165) is 31.3 Å². The van der Waals surface area contributed by atoms with E-state index in [-0.39, 0.29) is 10.9 Å². The average molecular weight is 335 g/mol. The summed E-state index contributed by atoms with van der Waals surface area (Å²) in [5.41, 5.74) is 0. The number of nitrogens with one attached hydrogen (secondary N) is 1. The molecule has 0 amide bonds. The summed E-state index contributed by atoms with van der Waals surface area (Å²) in [6.45, 7) is 1.39. The Morgan fingerprint density at radius 3 is 2.83 bits per heavy atom. The molecule has 7 heteroatoms. The van der Waals surface area contributed by atoms with Crippen molar-refractivity contribution in [1.29, 1.82) is 0 Å². The highest BCUT2D eigenvalue weighted by Crippen LogP contribution is 2.19. The van der Waals surface area contributed by atoms with E-state index in [1.165, 1.54) is 18.2 Å². The van der Waals surface area contributed by atoms with Crippen LogP contribution in [0.3, 0.4) is 0 Å². The Kier molecular flexibility index (Phi) is 4.58. The zero-order valence-electron chi connectivity index (χ0n) is 12.5. The van der Waals surface area contributed by atoms with Crippen molar-refractivity contribution in [3.05, 3.63) is 54.5 Å². The maximum absolute atomic E-state index is 13.3. The van der Waals surface area contributed by atoms with Gasteiger partial charge in [0.1, 0.15) is 11.6 Å². The first-order chi connectivity index (χ1) is 11.0. The van der Waals surface area contributed by atoms with Gasteiger partial charge in [0.25, 0.3) is 0 Å². The van der Waals surface area contributed by atoms with Crippen LogP contribution in [0.5, 0.6) is 0 Å². The highest BCUT2D eigenvalue weighted by molar-refractivity contribution is 7.89. The Labute approximate surface area is 135 Å². The van der Waals surface area contributed by atoms with Crippen molar-refractivity contribution in [3.63, 3.8) is 0 Å². The number of aromatic nitrogens is 1. The molecule has 0 saturated carbocycles. The average Bonchev–Trinajstić information content (AvgIpc) is 2.55. The number of nitrogens with zero attached hydrogens (tertiary/aromatic N) is 2. The molecule has 1 saturated heterocycles. The van der Waals surface area contributed by atoms with Gasteiger partial charge in [0, 0.05) is 25.3 Å². The summed E-state index contributed by atoms with van der Waals surface area (Å²) in [7, 11) is -3.73. The minimum Gasteiger partial charge on any atom is -0.355 e. The second-order valence-electron chi connectivity index (χ2n) is 5.55. The molecule has 1 fully saturated rings. The van der Waals surface area contributed by atoms with E-state index >= 15 is 0 Å². The molecule has 1 aliphatic rings. The molecule has 1 aromatic heterocycles. The van der Waals surface area contributed by atoms with Gasteiger partial charge in [-0.05, 0) is 43.2 Å². The molecule has 0 radical (unpaired) electrons. The lowest BCUT2D eigenvalue weighted by Gasteiger charge is -2.33. The lowest BCUT2D eigenvalue weighted by molar-refractivity contribution is 0.464. The summed E-state index contributed by atoms with van der Waals surface area (Å²) in [6, 6.07) is 10.5. The van der Waals surface area contributed by atoms with Crippen molar-refractivity contribution in [1.82, 2.24) is 9.71 Å². The van der Waals surface area contributed by atoms with Crippen LogP contribution in [0.1, 0.15) is 12.8 Å². The van der Waals surface area contributed by atoms with Crippen LogP contribution in [0.25, 0.3) is 0 Å². The van der Waals surface area contributed by atoms with Crippen LogP contribution in [-0.2, 0) is 10.0 Å². The number of benzene rings is 1. The molecule has 122 valence electrons. The van der Waals surface area contributed by atoms with Gasteiger partial charge in [0.2, 0.25) is 10.0 Å². The van der Waals surface area contributed by atoms with Gasteiger partial charge in [-0.25, -0.2) is 22.5 Å². The zero-order chi connectivity index (χ0) is 16.3. The minimum atomic E-state index is -3.73. The predicted molar refractivity (Wildman–Crippen MR) is 86.2 cm³/mol. The standard InChI is InChI=1S/C16H18FN3O2S/c17-13-5-3-7-15(11-13)23(21,22)19-14-6-4-10-20(12-14)16-8-1-2-9-18-16/h1-3,5,7-9,11,14,19H,4,6,10,12H2/t14-/m0/s1. The number of hydrogen-bond donors (Lipinski definition) is 1. The molecular weight excluding hydrogens is 317 g/mol. The van der Waals surface area contributed by atoms with E-state index in [1.54, 1.807) is 6.20 Å². The first kappa shape index (κ1) is 15.9. The quantitative estimate of drug-likeness (QED) is 0.930. The van der Waals surface area contributed by atoms with E-state index < -0.39 is 15.8 Å². The smallest absolute Gasteiger partial charge is 0.240 e. The lowest BCUT2D eigenvalue weighted by atomic mass is 10.1. The van der Waals surface area contributed by atoms with Crippen LogP contribution < -0.4 is 9.62 Å². The third-order valence-electron chi connectivity index (χ3n) is 3.82. The van der Waals surface area contributed by atoms with Crippen LogP contribution in [-0.4, -0.2) is 32.5 Å². The molecule has 1 aromatic carbocycles. The number of sulfonamides is 1. The van der Waals surface area contributed by atoms with Crippen molar-refractivity contribution >= 4 is 15.8 Å². The molecule has 0 unspecified atom stereocenters. The molecule has 1 atom stereocenters. The molecule has 1 aliphatic heterocycles. The summed E-state index contributed by atoms with van der Waals surface area (Å²) in [6.07, 6.45) is 3.33. The molecular formula is C16H18FN3O2S. The van der Waals surface area contributed by atoms with Crippen LogP contribution in [0, 0.1) is 5.82 Å². The van der Waals surface area contributed by atoms with E-state index in [0.29, 0.717) is 6.54 Å². The Morgan fingerprint density at radius 2 is 2.09 bits per heavy atom. The predicted octanol–water partition coefficient (Wildman–Crippen LogP) is 2.17. The Bertz CT molecular complexity index is 768. The first-order valence-electron chi connectivity index (χ1n) is 7.48. The van der Waals surface area contributed by atoms with Crippen LogP contribution >= 0.6 is 0 Å². The highest BCUT2D eigenvalue weighted by atomic mass is 32.2. The van der Waals surface area contributed by atoms with Crippen molar-refractivity contribution in [2.24, 2.45) is 0 Å². The Morgan fingerprint density at radius 1 is 1.22 bits per heavy atom. The maximum Gasteiger partial charge on any atom is 0.240 e. The fourth-order valence-electron chi connectivity index (χ4n) is 2.74. The molecule has 1 N–H and O–H groups in total. The summed E-state index contributed by atoms with van der Waals surface area (Å²) in [4.78, 5) is 6.31. The van der Waals surface area contributed by atoms with Gasteiger partial charge in [-0.1, -0.05) is 12.1 Å². The maximum atomic E-state index is 13.3. The SMILES string of the molecule is O=S(=O)(N[C@H]1CCCN(c2ccccn2)C1)c1cccc(F)c1. The van der Waals surface area contributed by atoms with Crippen molar-refractivity contribution in [2.75, 3.05) is 18.0 Å². The van der Waals surface area contributed by atoms with E-state index in [1.807, 2.05) is 18.2 Å². The highest BCUT2D eigenvalue weighted by Gasteiger charge is 2.26. The lowest BCUT2D eigenvalue weighted by Crippen LogP contribution is -2.48. The number of piperidine rings is 1. The fourth-order valence-corrected chi connectivity index (χ4v) is 4.04. The van der Waals surface area contributed by atoms with Gasteiger partial charge >= 0.3 is 0 Å². The van der Waals surface area contributed by atoms with Gasteiger partial charge < -0.3 is 4.90 Å². The van der Waals surface area contributed by atoms with Gasteiger partial charge in [-0.3, -0.25) is 0 Å². The van der Waals surface area contributed by atoms with Crippen LogP contribution in [0.2, 0.25) is 0 Å². The first-order valence-corrected chi connectivity index (χ1v) is 8.97. The molecule has 0 bridgehead atoms. The fraction of sp³-hybridized carbons (Fsp3) is 0.312. The molecule has 5 nitrogen and oxygen atoms in total. The molecule has 0 aliphatic carbocycles. The molecule has 0 spiro atoms. The topological polar surface area (TPSA) is 62.3 Å². The van der Waals surface area contributed by atoms with Gasteiger partial charge in [-0.2, -0.15) is 0 Å². The Balaban J connectivity index is 1.72. The largest absolute Gasteiger partial charge is 0.355 e. The number of halogens is 1. The summed E-state index contributed by atoms with van der Waals surface area (Å²) < 4.78 is 40.7. The summed E-state index contributed by atoms with van der Waals surface area (Å²) in [5, 5.41) is 0. The second-order valence-corrected chi connectivity index (χ2v) is 7.27. The van der Waals surface area contributed by atoms with Gasteiger partial charge in [-0.15, -0.1) is 0 Å². The summed E-state index contributed by atoms with van der Waals surface area (Å²) in [5.74, 6) is 0.272. The van der Waals surface area contributed by atoms with Crippen LogP contribution in [0.4, 0.5) is 10.2 Å². The minimum absolute atomic E-state index is 0.0486. The number of pyridine rings is 1. The van der Waals surface area contributed by atoms with E-state index in [4.69, 9.17) is 0 Å². The van der Waals surface area contributed by atoms with Gasteiger partial charge in [0.05, 0.1) is 4.90 Å².